The number of para-hydroxylation sites is 1. The minimum atomic E-state index is -0.630. The van der Waals surface area contributed by atoms with Crippen LogP contribution in [0.2, 0.25) is 0 Å². The molecule has 6 rings (SSSR count). The molecule has 1 heterocycles. The number of ketones is 1. The third kappa shape index (κ3) is 2.61. The second kappa shape index (κ2) is 6.92. The van der Waals surface area contributed by atoms with Crippen molar-refractivity contribution in [3.05, 3.63) is 53.1 Å². The highest BCUT2D eigenvalue weighted by molar-refractivity contribution is 5.95. The van der Waals surface area contributed by atoms with Crippen LogP contribution in [0.1, 0.15) is 60.5 Å². The van der Waals surface area contributed by atoms with E-state index in [-0.39, 0.29) is 22.5 Å². The summed E-state index contributed by atoms with van der Waals surface area (Å²) in [5.74, 6) is 1.07. The first-order valence-corrected chi connectivity index (χ1v) is 11.3. The van der Waals surface area contributed by atoms with Crippen LogP contribution in [-0.4, -0.2) is 23.8 Å². The van der Waals surface area contributed by atoms with Crippen molar-refractivity contribution >= 4 is 17.7 Å². The van der Waals surface area contributed by atoms with Crippen molar-refractivity contribution in [1.29, 1.82) is 0 Å². The van der Waals surface area contributed by atoms with E-state index in [1.807, 2.05) is 6.07 Å². The standard InChI is InChI=1S/C26H24O6/c1-14(27)30-20-7-3-2-6-17(20)25(29)31-21-11-8-16-13-15-5-4-12-26-18(15)9-10-19(28)24(26)32-23(21)22(16)26/h2-3,6-8,11,15,18,24H,4-5,9-10,12-13H2,1H3/t15-,18+,24+,26+/m0/s1. The monoisotopic (exact) mass is 432 g/mol. The highest BCUT2D eigenvalue weighted by Gasteiger charge is 2.64. The molecule has 0 radical (unpaired) electrons. The number of carbonyl (C=O) groups excluding carboxylic acids is 3. The molecule has 6 heteroatoms. The van der Waals surface area contributed by atoms with E-state index in [4.69, 9.17) is 14.2 Å². The van der Waals surface area contributed by atoms with E-state index in [0.717, 1.165) is 31.2 Å². The summed E-state index contributed by atoms with van der Waals surface area (Å²) in [4.78, 5) is 37.4. The van der Waals surface area contributed by atoms with Crippen molar-refractivity contribution in [2.24, 2.45) is 11.8 Å². The van der Waals surface area contributed by atoms with Gasteiger partial charge in [0, 0.05) is 24.3 Å². The minimum absolute atomic E-state index is 0.151. The molecule has 4 atom stereocenters. The summed E-state index contributed by atoms with van der Waals surface area (Å²) in [6.07, 6.45) is 5.22. The molecule has 2 aromatic rings. The number of ether oxygens (including phenoxy) is 3. The van der Waals surface area contributed by atoms with Gasteiger partial charge in [0.2, 0.25) is 0 Å². The molecule has 0 amide bonds. The third-order valence-corrected chi connectivity index (χ3v) is 7.81. The number of carbonyl (C=O) groups is 3. The fourth-order valence-corrected chi connectivity index (χ4v) is 6.77. The van der Waals surface area contributed by atoms with Crippen LogP contribution in [0.25, 0.3) is 0 Å². The first-order chi connectivity index (χ1) is 15.5. The maximum Gasteiger partial charge on any atom is 0.347 e. The number of rotatable bonds is 3. The first-order valence-electron chi connectivity index (χ1n) is 11.3. The van der Waals surface area contributed by atoms with Gasteiger partial charge in [-0.3, -0.25) is 9.59 Å². The van der Waals surface area contributed by atoms with Gasteiger partial charge in [-0.1, -0.05) is 24.6 Å². The Kier molecular flexibility index (Phi) is 4.23. The Morgan fingerprint density at radius 2 is 1.91 bits per heavy atom. The van der Waals surface area contributed by atoms with Gasteiger partial charge in [-0.2, -0.15) is 0 Å². The second-order valence-corrected chi connectivity index (χ2v) is 9.41. The minimum Gasteiger partial charge on any atom is -0.477 e. The molecule has 1 aliphatic heterocycles. The van der Waals surface area contributed by atoms with E-state index >= 15 is 0 Å². The Balaban J connectivity index is 1.42. The molecule has 32 heavy (non-hydrogen) atoms. The normalized spacial score (nSPS) is 29.0. The number of Topliss-reactive ketones (excluding diaryl/α,β-unsaturated/α-hetero) is 1. The van der Waals surface area contributed by atoms with Crippen LogP contribution >= 0.6 is 0 Å². The SMILES string of the molecule is CC(=O)Oc1ccccc1C(=O)Oc1ccc2c3c1O[C@@H]1C(=O)CC[C@@H]4[C@@H](CCC[C@@]314)C2. The molecule has 2 aromatic carbocycles. The lowest BCUT2D eigenvalue weighted by molar-refractivity contribution is -0.136. The molecule has 0 saturated heterocycles. The Morgan fingerprint density at radius 3 is 2.75 bits per heavy atom. The lowest BCUT2D eigenvalue weighted by Crippen LogP contribution is -2.58. The van der Waals surface area contributed by atoms with Crippen molar-refractivity contribution in [1.82, 2.24) is 0 Å². The van der Waals surface area contributed by atoms with Gasteiger partial charge in [-0.15, -0.1) is 0 Å². The largest absolute Gasteiger partial charge is 0.477 e. The molecular weight excluding hydrogens is 408 g/mol. The number of hydrogen-bond acceptors (Lipinski definition) is 6. The molecule has 0 unspecified atom stereocenters. The van der Waals surface area contributed by atoms with E-state index in [9.17, 15) is 14.4 Å². The van der Waals surface area contributed by atoms with Crippen molar-refractivity contribution in [2.45, 2.75) is 57.0 Å². The topological polar surface area (TPSA) is 78.9 Å². The zero-order valence-corrected chi connectivity index (χ0v) is 17.9. The Morgan fingerprint density at radius 1 is 1.06 bits per heavy atom. The van der Waals surface area contributed by atoms with Gasteiger partial charge in [0.15, 0.2) is 23.4 Å². The number of hydrogen-bond donors (Lipinski definition) is 0. The van der Waals surface area contributed by atoms with Gasteiger partial charge in [0.25, 0.3) is 0 Å². The maximum atomic E-state index is 13.0. The summed E-state index contributed by atoms with van der Waals surface area (Å²) in [5.41, 5.74) is 2.19. The van der Waals surface area contributed by atoms with Gasteiger partial charge < -0.3 is 14.2 Å². The van der Waals surface area contributed by atoms with Gasteiger partial charge >= 0.3 is 11.9 Å². The van der Waals surface area contributed by atoms with Crippen LogP contribution < -0.4 is 14.2 Å². The van der Waals surface area contributed by atoms with Crippen LogP contribution in [0.4, 0.5) is 0 Å². The Bertz CT molecular complexity index is 1170. The lowest BCUT2D eigenvalue weighted by Gasteiger charge is -2.54. The van der Waals surface area contributed by atoms with Crippen molar-refractivity contribution in [3.63, 3.8) is 0 Å². The molecule has 2 saturated carbocycles. The summed E-state index contributed by atoms with van der Waals surface area (Å²) in [6, 6.07) is 10.3. The fraction of sp³-hybridized carbons (Fsp3) is 0.423. The molecule has 1 spiro atoms. The van der Waals surface area contributed by atoms with Crippen LogP contribution in [0.15, 0.2) is 36.4 Å². The smallest absolute Gasteiger partial charge is 0.347 e. The van der Waals surface area contributed by atoms with E-state index < -0.39 is 18.0 Å². The van der Waals surface area contributed by atoms with Crippen molar-refractivity contribution < 1.29 is 28.6 Å². The Hall–Kier alpha value is -3.15. The van der Waals surface area contributed by atoms with Crippen LogP contribution in [0, 0.1) is 11.8 Å². The molecule has 2 bridgehead atoms. The van der Waals surface area contributed by atoms with Gasteiger partial charge in [0.05, 0.1) is 0 Å². The van der Waals surface area contributed by atoms with E-state index in [1.165, 1.54) is 18.9 Å². The Labute approximate surface area is 185 Å². The van der Waals surface area contributed by atoms with Crippen LogP contribution in [0.3, 0.4) is 0 Å². The third-order valence-electron chi connectivity index (χ3n) is 7.81. The molecule has 4 aliphatic rings. The lowest BCUT2D eigenvalue weighted by atomic mass is 9.48. The highest BCUT2D eigenvalue weighted by Crippen LogP contribution is 2.65. The molecule has 6 nitrogen and oxygen atoms in total. The maximum absolute atomic E-state index is 13.0. The molecule has 0 N–H and O–H groups in total. The highest BCUT2D eigenvalue weighted by atomic mass is 16.6. The van der Waals surface area contributed by atoms with Crippen LogP contribution in [-0.2, 0) is 21.4 Å². The van der Waals surface area contributed by atoms with E-state index in [0.29, 0.717) is 29.8 Å². The average molecular weight is 432 g/mol. The predicted octanol–water partition coefficient (Wildman–Crippen LogP) is 4.17. The van der Waals surface area contributed by atoms with Crippen molar-refractivity contribution in [2.75, 3.05) is 0 Å². The zero-order chi connectivity index (χ0) is 22.0. The van der Waals surface area contributed by atoms with Crippen molar-refractivity contribution in [3.8, 4) is 17.2 Å². The number of esters is 2. The van der Waals surface area contributed by atoms with Gasteiger partial charge in [-0.25, -0.2) is 4.79 Å². The van der Waals surface area contributed by atoms with Crippen LogP contribution in [0.5, 0.6) is 17.2 Å². The second-order valence-electron chi connectivity index (χ2n) is 9.41. The first kappa shape index (κ1) is 19.5. The van der Waals surface area contributed by atoms with E-state index in [2.05, 4.69) is 0 Å². The summed E-state index contributed by atoms with van der Waals surface area (Å²) in [6.45, 7) is 1.28. The average Bonchev–Trinajstić information content (AvgIpc) is 3.11. The number of benzene rings is 2. The fourth-order valence-electron chi connectivity index (χ4n) is 6.77. The molecule has 2 fully saturated rings. The van der Waals surface area contributed by atoms with Gasteiger partial charge in [-0.05, 0) is 61.3 Å². The molecule has 3 aliphatic carbocycles. The summed E-state index contributed by atoms with van der Waals surface area (Å²) in [7, 11) is 0. The van der Waals surface area contributed by atoms with E-state index in [1.54, 1.807) is 30.3 Å². The molecular formula is C26H24O6. The molecule has 164 valence electrons. The molecule has 0 aromatic heterocycles. The summed E-state index contributed by atoms with van der Waals surface area (Å²) >= 11 is 0. The van der Waals surface area contributed by atoms with Gasteiger partial charge in [0.1, 0.15) is 11.3 Å². The zero-order valence-electron chi connectivity index (χ0n) is 17.9. The quantitative estimate of drug-likeness (QED) is 0.535. The summed E-state index contributed by atoms with van der Waals surface area (Å²) < 4.78 is 17.3. The summed E-state index contributed by atoms with van der Waals surface area (Å²) in [5, 5.41) is 0. The predicted molar refractivity (Wildman–Crippen MR) is 114 cm³/mol.